The summed E-state index contributed by atoms with van der Waals surface area (Å²) in [6.45, 7) is 1.30. The van der Waals surface area contributed by atoms with E-state index in [0.29, 0.717) is 0 Å². The maximum absolute atomic E-state index is 9.86. The molecule has 0 bridgehead atoms. The van der Waals surface area contributed by atoms with Gasteiger partial charge < -0.3 is 4.43 Å². The van der Waals surface area contributed by atoms with Gasteiger partial charge in [0, 0.05) is 6.92 Å². The molecular weight excluding hydrogens is 110 g/mol. The summed E-state index contributed by atoms with van der Waals surface area (Å²) in [6, 6.07) is 0. The summed E-state index contributed by atoms with van der Waals surface area (Å²) >= 11 is 0. The van der Waals surface area contributed by atoms with E-state index in [-0.39, 0.29) is 5.97 Å². The molecule has 0 aliphatic heterocycles. The van der Waals surface area contributed by atoms with Crippen LogP contribution >= 0.6 is 0 Å². The lowest BCUT2D eigenvalue weighted by Gasteiger charge is -1.87. The van der Waals surface area contributed by atoms with Gasteiger partial charge in [0.25, 0.3) is 5.97 Å². The van der Waals surface area contributed by atoms with Crippen molar-refractivity contribution in [3.8, 4) is 5.69 Å². The standard InChI is InChI=1S/C3H5NO2Si/c1-3(5)6-7-2-4/h7H2,1H3. The number of carbonyl (C=O) groups excluding carboxylic acids is 1. The van der Waals surface area contributed by atoms with Crippen molar-refractivity contribution in [2.24, 2.45) is 0 Å². The van der Waals surface area contributed by atoms with Gasteiger partial charge in [-0.1, -0.05) is 0 Å². The van der Waals surface area contributed by atoms with Gasteiger partial charge in [0.1, 0.15) is 0 Å². The van der Waals surface area contributed by atoms with Crippen LogP contribution in [-0.4, -0.2) is 15.7 Å². The van der Waals surface area contributed by atoms with Gasteiger partial charge in [0.15, 0.2) is 0 Å². The first kappa shape index (κ1) is 6.18. The van der Waals surface area contributed by atoms with E-state index >= 15 is 0 Å². The van der Waals surface area contributed by atoms with E-state index in [1.807, 2.05) is 0 Å². The zero-order valence-corrected chi connectivity index (χ0v) is 5.39. The van der Waals surface area contributed by atoms with E-state index in [4.69, 9.17) is 5.26 Å². The van der Waals surface area contributed by atoms with Crippen LogP contribution in [0.5, 0.6) is 0 Å². The fourth-order valence-corrected chi connectivity index (χ4v) is 0.402. The van der Waals surface area contributed by atoms with E-state index < -0.39 is 9.76 Å². The van der Waals surface area contributed by atoms with Crippen LogP contribution < -0.4 is 0 Å². The van der Waals surface area contributed by atoms with Crippen molar-refractivity contribution >= 4 is 15.7 Å². The molecule has 7 heavy (non-hydrogen) atoms. The van der Waals surface area contributed by atoms with Gasteiger partial charge in [0.05, 0.1) is 5.69 Å². The smallest absolute Gasteiger partial charge is 0.334 e. The normalized spacial score (nSPS) is 8.57. The van der Waals surface area contributed by atoms with Crippen molar-refractivity contribution in [2.75, 3.05) is 0 Å². The molecule has 0 N–H and O–H groups in total. The Balaban J connectivity index is 3.02. The molecule has 4 heteroatoms. The summed E-state index contributed by atoms with van der Waals surface area (Å²) in [5.74, 6) is -0.354. The molecule has 0 heterocycles. The van der Waals surface area contributed by atoms with Gasteiger partial charge in [-0.2, -0.15) is 0 Å². The fraction of sp³-hybridized carbons (Fsp3) is 0.333. The molecule has 0 unspecified atom stereocenters. The van der Waals surface area contributed by atoms with Crippen molar-refractivity contribution in [2.45, 2.75) is 6.92 Å². The molecule has 0 aromatic heterocycles. The largest absolute Gasteiger partial charge is 0.511 e. The third-order valence-corrected chi connectivity index (χ3v) is 1.02. The predicted molar refractivity (Wildman–Crippen MR) is 25.9 cm³/mol. The van der Waals surface area contributed by atoms with Gasteiger partial charge >= 0.3 is 9.76 Å². The van der Waals surface area contributed by atoms with E-state index in [0.717, 1.165) is 0 Å². The monoisotopic (exact) mass is 115 g/mol. The number of nitrogens with zero attached hydrogens (tertiary/aromatic N) is 1. The van der Waals surface area contributed by atoms with Crippen LogP contribution in [0.1, 0.15) is 6.92 Å². The van der Waals surface area contributed by atoms with Crippen LogP contribution in [0.4, 0.5) is 0 Å². The molecule has 0 saturated carbocycles. The van der Waals surface area contributed by atoms with Gasteiger partial charge in [-0.05, 0) is 0 Å². The molecular formula is C3H5NO2Si. The van der Waals surface area contributed by atoms with E-state index in [1.165, 1.54) is 6.92 Å². The van der Waals surface area contributed by atoms with Crippen molar-refractivity contribution in [1.29, 1.82) is 5.26 Å². The molecule has 0 aromatic rings. The van der Waals surface area contributed by atoms with Gasteiger partial charge in [-0.25, -0.2) is 5.26 Å². The van der Waals surface area contributed by atoms with E-state index in [2.05, 4.69) is 4.43 Å². The highest BCUT2D eigenvalue weighted by Crippen LogP contribution is 1.67. The average molecular weight is 115 g/mol. The molecule has 0 rings (SSSR count). The number of hydrogen-bond acceptors (Lipinski definition) is 3. The zero-order valence-electron chi connectivity index (χ0n) is 3.97. The molecule has 0 amide bonds. The van der Waals surface area contributed by atoms with Crippen LogP contribution in [0.25, 0.3) is 0 Å². The molecule has 0 aliphatic carbocycles. The summed E-state index contributed by atoms with van der Waals surface area (Å²) in [5.41, 5.74) is 1.79. The van der Waals surface area contributed by atoms with Crippen molar-refractivity contribution in [1.82, 2.24) is 0 Å². The minimum atomic E-state index is -1.17. The van der Waals surface area contributed by atoms with Crippen molar-refractivity contribution in [3.05, 3.63) is 0 Å². The Kier molecular flexibility index (Phi) is 2.97. The third kappa shape index (κ3) is 5.18. The Morgan fingerprint density at radius 1 is 2.00 bits per heavy atom. The maximum Gasteiger partial charge on any atom is 0.334 e. The zero-order chi connectivity index (χ0) is 5.70. The number of rotatable bonds is 1. The minimum absolute atomic E-state index is 0.354. The first-order valence-corrected chi connectivity index (χ1v) is 3.06. The van der Waals surface area contributed by atoms with Crippen LogP contribution in [0, 0.1) is 11.0 Å². The lowest BCUT2D eigenvalue weighted by Crippen LogP contribution is -2.00. The van der Waals surface area contributed by atoms with Crippen molar-refractivity contribution in [3.63, 3.8) is 0 Å². The second-order valence-corrected chi connectivity index (χ2v) is 1.83. The van der Waals surface area contributed by atoms with E-state index in [9.17, 15) is 4.79 Å². The molecule has 3 nitrogen and oxygen atoms in total. The molecule has 0 atom stereocenters. The van der Waals surface area contributed by atoms with Crippen LogP contribution in [0.15, 0.2) is 0 Å². The lowest BCUT2D eigenvalue weighted by molar-refractivity contribution is -0.131. The Morgan fingerprint density at radius 3 is 2.71 bits per heavy atom. The van der Waals surface area contributed by atoms with Crippen LogP contribution in [0.2, 0.25) is 0 Å². The SMILES string of the molecule is CC(=O)O[SiH2]C#N. The summed E-state index contributed by atoms with van der Waals surface area (Å²) in [4.78, 5) is 9.86. The van der Waals surface area contributed by atoms with Crippen LogP contribution in [-0.2, 0) is 9.22 Å². The maximum atomic E-state index is 9.86. The Morgan fingerprint density at radius 2 is 2.57 bits per heavy atom. The molecule has 0 aromatic carbocycles. The van der Waals surface area contributed by atoms with Crippen LogP contribution in [0.3, 0.4) is 0 Å². The highest BCUT2D eigenvalue weighted by molar-refractivity contribution is 6.40. The number of hydrogen-bond donors (Lipinski definition) is 0. The number of carbonyl (C=O) groups is 1. The second kappa shape index (κ2) is 3.37. The molecule has 0 fully saturated rings. The summed E-state index contributed by atoms with van der Waals surface area (Å²) in [5, 5.41) is 7.85. The first-order chi connectivity index (χ1) is 3.27. The molecule has 0 spiro atoms. The lowest BCUT2D eigenvalue weighted by atomic mass is 10.9. The van der Waals surface area contributed by atoms with Gasteiger partial charge in [-0.3, -0.25) is 4.79 Å². The molecule has 0 aliphatic rings. The highest BCUT2D eigenvalue weighted by Gasteiger charge is 1.86. The Labute approximate surface area is 43.8 Å². The minimum Gasteiger partial charge on any atom is -0.511 e. The quantitative estimate of drug-likeness (QED) is 0.417. The topological polar surface area (TPSA) is 50.1 Å². The molecule has 0 radical (unpaired) electrons. The Bertz CT molecular complexity index is 106. The Hall–Kier alpha value is -0.823. The highest BCUT2D eigenvalue weighted by atomic mass is 28.2. The van der Waals surface area contributed by atoms with E-state index in [1.54, 1.807) is 5.69 Å². The second-order valence-electron chi connectivity index (χ2n) is 0.938. The van der Waals surface area contributed by atoms with Gasteiger partial charge in [-0.15, -0.1) is 0 Å². The fourth-order valence-electron chi connectivity index (χ4n) is 0.134. The third-order valence-electron chi connectivity index (χ3n) is 0.340. The number of nitriles is 1. The average Bonchev–Trinajstić information content (AvgIpc) is 1.61. The summed E-state index contributed by atoms with van der Waals surface area (Å²) < 4.78 is 4.33. The molecule has 38 valence electrons. The first-order valence-electron chi connectivity index (χ1n) is 1.77. The summed E-state index contributed by atoms with van der Waals surface area (Å²) in [7, 11) is -1.17. The predicted octanol–water partition coefficient (Wildman–Crippen LogP) is -0.886. The van der Waals surface area contributed by atoms with Crippen molar-refractivity contribution < 1.29 is 9.22 Å². The van der Waals surface area contributed by atoms with Gasteiger partial charge in [0.2, 0.25) is 0 Å². The summed E-state index contributed by atoms with van der Waals surface area (Å²) in [6.07, 6.45) is 0. The molecule has 0 saturated heterocycles.